The van der Waals surface area contributed by atoms with E-state index < -0.39 is 0 Å². The second-order valence-corrected chi connectivity index (χ2v) is 8.71. The molecule has 1 aliphatic rings. The number of fused-ring (bicyclic) bond motifs is 1. The maximum Gasteiger partial charge on any atom is 0.298 e. The lowest BCUT2D eigenvalue weighted by Crippen LogP contribution is -2.41. The predicted octanol–water partition coefficient (Wildman–Crippen LogP) is 3.86. The Bertz CT molecular complexity index is 773. The van der Waals surface area contributed by atoms with Crippen molar-refractivity contribution in [2.24, 2.45) is 0 Å². The number of carbonyl (C=O) groups is 1. The Morgan fingerprint density at radius 2 is 1.92 bits per heavy atom. The lowest BCUT2D eigenvalue weighted by molar-refractivity contribution is 0.232. The Morgan fingerprint density at radius 1 is 1.24 bits per heavy atom. The Kier molecular flexibility index (Phi) is 5.09. The van der Waals surface area contributed by atoms with Gasteiger partial charge in [0.15, 0.2) is 5.58 Å². The average molecular weight is 362 g/mol. The molecule has 1 saturated heterocycles. The van der Waals surface area contributed by atoms with Gasteiger partial charge in [-0.3, -0.25) is 4.79 Å². The van der Waals surface area contributed by atoms with E-state index in [-0.39, 0.29) is 10.7 Å². The number of aromatic nitrogens is 1. The van der Waals surface area contributed by atoms with Gasteiger partial charge in [-0.1, -0.05) is 20.8 Å². The lowest BCUT2D eigenvalue weighted by atomic mass is 9.97. The third kappa shape index (κ3) is 4.34. The van der Waals surface area contributed by atoms with Crippen molar-refractivity contribution in [2.75, 3.05) is 38.5 Å². The fraction of sp³-hybridized carbons (Fsp3) is 0.556. The normalized spacial score (nSPS) is 17.2. The lowest BCUT2D eigenvalue weighted by Gasteiger charge is -2.30. The molecule has 1 fully saturated rings. The zero-order chi connectivity index (χ0) is 18.2. The number of rotatable bonds is 2. The summed E-state index contributed by atoms with van der Waals surface area (Å²) in [5.74, 6) is 0.706. The summed E-state index contributed by atoms with van der Waals surface area (Å²) in [5, 5.41) is 2.92. The number of nitrogens with zero attached hydrogens (tertiary/aromatic N) is 3. The smallest absolute Gasteiger partial charge is 0.298 e. The molecule has 7 heteroatoms. The van der Waals surface area contributed by atoms with Crippen LogP contribution in [0, 0.1) is 6.92 Å². The highest BCUT2D eigenvalue weighted by molar-refractivity contribution is 8.11. The second-order valence-electron chi connectivity index (χ2n) is 7.64. The van der Waals surface area contributed by atoms with E-state index >= 15 is 0 Å². The van der Waals surface area contributed by atoms with E-state index in [1.165, 1.54) is 11.9 Å². The van der Waals surface area contributed by atoms with Gasteiger partial charge in [0.2, 0.25) is 5.89 Å². The van der Waals surface area contributed by atoms with E-state index in [1.54, 1.807) is 0 Å². The third-order valence-corrected chi connectivity index (χ3v) is 5.18. The largest absolute Gasteiger partial charge is 0.440 e. The van der Waals surface area contributed by atoms with Gasteiger partial charge in [0.25, 0.3) is 5.24 Å². The molecule has 1 aromatic heterocycles. The molecule has 6 nitrogen and oxygen atoms in total. The number of benzene rings is 1. The van der Waals surface area contributed by atoms with E-state index in [1.807, 2.05) is 19.1 Å². The van der Waals surface area contributed by atoms with E-state index in [0.29, 0.717) is 11.5 Å². The zero-order valence-electron chi connectivity index (χ0n) is 15.5. The van der Waals surface area contributed by atoms with Gasteiger partial charge >= 0.3 is 0 Å². The third-order valence-electron chi connectivity index (χ3n) is 4.29. The van der Waals surface area contributed by atoms with Crippen molar-refractivity contribution in [3.05, 3.63) is 23.6 Å². The molecule has 1 aromatic carbocycles. The maximum absolute atomic E-state index is 12.4. The van der Waals surface area contributed by atoms with Gasteiger partial charge in [-0.2, -0.15) is 0 Å². The molecule has 0 radical (unpaired) electrons. The van der Waals surface area contributed by atoms with Gasteiger partial charge in [0.1, 0.15) is 5.52 Å². The molecule has 2 heterocycles. The summed E-state index contributed by atoms with van der Waals surface area (Å²) >= 11 is 1.25. The van der Waals surface area contributed by atoms with Crippen molar-refractivity contribution >= 4 is 34.0 Å². The molecule has 0 spiro atoms. The molecule has 1 amide bonds. The second kappa shape index (κ2) is 6.97. The van der Waals surface area contributed by atoms with Crippen molar-refractivity contribution in [1.29, 1.82) is 0 Å². The molecule has 3 rings (SSSR count). The van der Waals surface area contributed by atoms with Crippen molar-refractivity contribution < 1.29 is 9.21 Å². The molecule has 0 aliphatic carbocycles. The van der Waals surface area contributed by atoms with Crippen LogP contribution in [0.2, 0.25) is 0 Å². The Labute approximate surface area is 153 Å². The fourth-order valence-electron chi connectivity index (χ4n) is 2.66. The molecular formula is C18H26N4O2S. The molecule has 0 unspecified atom stereocenters. The van der Waals surface area contributed by atoms with Crippen LogP contribution in [0.1, 0.15) is 32.2 Å². The quantitative estimate of drug-likeness (QED) is 0.819. The Hall–Kier alpha value is -1.57. The number of amides is 1. The molecule has 0 saturated carbocycles. The number of anilines is 1. The van der Waals surface area contributed by atoms with Crippen molar-refractivity contribution in [2.45, 2.75) is 33.1 Å². The first-order chi connectivity index (χ1) is 11.7. The van der Waals surface area contributed by atoms with Crippen molar-refractivity contribution in [3.63, 3.8) is 0 Å². The fourth-order valence-corrected chi connectivity index (χ4v) is 3.40. The number of nitrogens with one attached hydrogen (secondary N) is 1. The van der Waals surface area contributed by atoms with Gasteiger partial charge in [-0.15, -0.1) is 0 Å². The summed E-state index contributed by atoms with van der Waals surface area (Å²) < 4.78 is 7.99. The van der Waals surface area contributed by atoms with Gasteiger partial charge in [0.05, 0.1) is 0 Å². The molecule has 0 atom stereocenters. The summed E-state index contributed by atoms with van der Waals surface area (Å²) in [5.41, 5.74) is 3.14. The topological polar surface area (TPSA) is 61.6 Å². The molecule has 0 bridgehead atoms. The number of aryl methyl sites for hydroxylation is 1. The summed E-state index contributed by atoms with van der Waals surface area (Å²) in [6.45, 7) is 11.9. The van der Waals surface area contributed by atoms with Crippen LogP contribution in [-0.4, -0.2) is 52.7 Å². The summed E-state index contributed by atoms with van der Waals surface area (Å²) in [6, 6.07) is 3.83. The highest BCUT2D eigenvalue weighted by Crippen LogP contribution is 2.30. The minimum absolute atomic E-state index is 0.0671. The molecule has 2 aromatic rings. The summed E-state index contributed by atoms with van der Waals surface area (Å²) in [7, 11) is 2.10. The first-order valence-electron chi connectivity index (χ1n) is 8.56. The number of hydrogen-bond acceptors (Lipinski definition) is 6. The van der Waals surface area contributed by atoms with Crippen LogP contribution in [0.3, 0.4) is 0 Å². The summed E-state index contributed by atoms with van der Waals surface area (Å²) in [6.07, 6.45) is 0. The van der Waals surface area contributed by atoms with Crippen LogP contribution >= 0.6 is 11.9 Å². The van der Waals surface area contributed by atoms with Crippen LogP contribution in [-0.2, 0) is 5.41 Å². The minimum Gasteiger partial charge on any atom is -0.440 e. The van der Waals surface area contributed by atoms with Gasteiger partial charge < -0.3 is 14.6 Å². The molecule has 136 valence electrons. The first kappa shape index (κ1) is 18.2. The zero-order valence-corrected chi connectivity index (χ0v) is 16.4. The average Bonchev–Trinajstić information content (AvgIpc) is 2.93. The van der Waals surface area contributed by atoms with Crippen LogP contribution in [0.15, 0.2) is 16.5 Å². The minimum atomic E-state index is -0.145. The van der Waals surface area contributed by atoms with Crippen molar-refractivity contribution in [3.8, 4) is 0 Å². The number of piperazine rings is 1. The van der Waals surface area contributed by atoms with E-state index in [0.717, 1.165) is 42.9 Å². The Balaban J connectivity index is 1.72. The summed E-state index contributed by atoms with van der Waals surface area (Å²) in [4.78, 5) is 19.2. The van der Waals surface area contributed by atoms with Gasteiger partial charge in [0, 0.05) is 55.3 Å². The molecular weight excluding hydrogens is 336 g/mol. The van der Waals surface area contributed by atoms with E-state index in [4.69, 9.17) is 4.42 Å². The number of oxazole rings is 1. The number of likely N-dealkylation sites (N-methyl/N-ethyl adjacent to an activating group) is 1. The van der Waals surface area contributed by atoms with Gasteiger partial charge in [-0.05, 0) is 25.6 Å². The Morgan fingerprint density at radius 3 is 2.56 bits per heavy atom. The standard InChI is InChI=1S/C18H26N4O2S/c1-12-10-14-15(24-16(19-14)18(2,3)4)11-13(12)20-17(23)25-22-8-6-21(5)7-9-22/h10-11H,6-9H2,1-5H3,(H,20,23). The van der Waals surface area contributed by atoms with Gasteiger partial charge in [-0.25, -0.2) is 9.29 Å². The van der Waals surface area contributed by atoms with E-state index in [2.05, 4.69) is 47.3 Å². The van der Waals surface area contributed by atoms with Crippen LogP contribution < -0.4 is 5.32 Å². The number of carbonyl (C=O) groups excluding carboxylic acids is 1. The van der Waals surface area contributed by atoms with Crippen LogP contribution in [0.4, 0.5) is 10.5 Å². The number of hydrogen-bond donors (Lipinski definition) is 1. The molecule has 1 N–H and O–H groups in total. The SMILES string of the molecule is Cc1cc2nc(C(C)(C)C)oc2cc1NC(=O)SN1CCN(C)CC1. The monoisotopic (exact) mass is 362 g/mol. The highest BCUT2D eigenvalue weighted by atomic mass is 32.2. The van der Waals surface area contributed by atoms with Crippen LogP contribution in [0.5, 0.6) is 0 Å². The van der Waals surface area contributed by atoms with E-state index in [9.17, 15) is 4.79 Å². The predicted molar refractivity (Wildman–Crippen MR) is 103 cm³/mol. The molecule has 1 aliphatic heterocycles. The van der Waals surface area contributed by atoms with Crippen LogP contribution in [0.25, 0.3) is 11.1 Å². The molecule has 25 heavy (non-hydrogen) atoms. The first-order valence-corrected chi connectivity index (χ1v) is 9.34. The highest BCUT2D eigenvalue weighted by Gasteiger charge is 2.22. The van der Waals surface area contributed by atoms with Crippen molar-refractivity contribution in [1.82, 2.24) is 14.2 Å². The maximum atomic E-state index is 12.4.